The smallest absolute Gasteiger partial charge is 0.416 e. The molecule has 0 aliphatic rings. The van der Waals surface area contributed by atoms with E-state index in [1.807, 2.05) is 0 Å². The Labute approximate surface area is 84.3 Å². The zero-order valence-electron chi connectivity index (χ0n) is 6.80. The molecule has 0 aromatic heterocycles. The Hall–Kier alpha value is -0.530. The summed E-state index contributed by atoms with van der Waals surface area (Å²) in [6.45, 7) is 3.41. The van der Waals surface area contributed by atoms with Crippen molar-refractivity contribution in [2.24, 2.45) is 0 Å². The molecule has 0 saturated heterocycles. The molecule has 0 aromatic carbocycles. The van der Waals surface area contributed by atoms with Gasteiger partial charge in [0, 0.05) is 0 Å². The molecule has 0 bridgehead atoms. The molecule has 1 amide bonds. The zero-order chi connectivity index (χ0) is 9.56. The molecule has 0 rings (SSSR count). The van der Waals surface area contributed by atoms with Crippen molar-refractivity contribution in [1.29, 1.82) is 0 Å². The van der Waals surface area contributed by atoms with Crippen LogP contribution in [-0.2, 0) is 14.3 Å². The van der Waals surface area contributed by atoms with Gasteiger partial charge < -0.3 is 9.47 Å². The predicted octanol–water partition coefficient (Wildman–Crippen LogP) is 1.01. The number of esters is 1. The molecule has 1 atom stereocenters. The molecule has 0 fully saturated rings. The number of hydrogen-bond acceptors (Lipinski definition) is 4. The molecule has 12 heavy (non-hydrogen) atoms. The van der Waals surface area contributed by atoms with Gasteiger partial charge in [-0.1, -0.05) is 0 Å². The van der Waals surface area contributed by atoms with E-state index in [9.17, 15) is 9.59 Å². The first-order valence-electron chi connectivity index (χ1n) is 3.35. The summed E-state index contributed by atoms with van der Waals surface area (Å²) in [5.74, 6) is -0.544. The maximum atomic E-state index is 10.9. The SMILES string of the molecule is CCOC(=O)[C@H](C)OC(=O)NI. The zero-order valence-corrected chi connectivity index (χ0v) is 8.95. The highest BCUT2D eigenvalue weighted by molar-refractivity contribution is 14.1. The van der Waals surface area contributed by atoms with Gasteiger partial charge in [-0.25, -0.2) is 9.59 Å². The van der Waals surface area contributed by atoms with Gasteiger partial charge in [-0.05, 0) is 13.8 Å². The van der Waals surface area contributed by atoms with E-state index >= 15 is 0 Å². The summed E-state index contributed by atoms with van der Waals surface area (Å²) in [6, 6.07) is 0. The van der Waals surface area contributed by atoms with Gasteiger partial charge in [0.2, 0.25) is 0 Å². The van der Waals surface area contributed by atoms with Crippen LogP contribution in [0.4, 0.5) is 4.79 Å². The van der Waals surface area contributed by atoms with Gasteiger partial charge in [0.05, 0.1) is 29.5 Å². The number of hydrogen-bond donors (Lipinski definition) is 1. The molecule has 0 saturated carbocycles. The standard InChI is InChI=1S/C6H10INO4/c1-3-11-5(9)4(2)12-6(10)8-7/h4H,3H2,1-2H3,(H,8,10)/t4-/m0/s1. The summed E-state index contributed by atoms with van der Waals surface area (Å²) in [4.78, 5) is 21.4. The normalized spacial score (nSPS) is 11.6. The third-order valence-corrected chi connectivity index (χ3v) is 1.42. The predicted molar refractivity (Wildman–Crippen MR) is 49.7 cm³/mol. The van der Waals surface area contributed by atoms with Gasteiger partial charge in [-0.2, -0.15) is 0 Å². The third kappa shape index (κ3) is 4.37. The lowest BCUT2D eigenvalue weighted by Gasteiger charge is -2.10. The van der Waals surface area contributed by atoms with Gasteiger partial charge in [0.25, 0.3) is 0 Å². The van der Waals surface area contributed by atoms with Crippen molar-refractivity contribution in [2.75, 3.05) is 6.61 Å². The summed E-state index contributed by atoms with van der Waals surface area (Å²) in [6.07, 6.45) is -1.52. The van der Waals surface area contributed by atoms with Crippen molar-refractivity contribution < 1.29 is 19.1 Å². The second-order valence-corrected chi connectivity index (χ2v) is 2.43. The monoisotopic (exact) mass is 287 g/mol. The van der Waals surface area contributed by atoms with Crippen LogP contribution in [0.3, 0.4) is 0 Å². The third-order valence-electron chi connectivity index (χ3n) is 0.979. The fourth-order valence-electron chi connectivity index (χ4n) is 0.491. The molecule has 0 aliphatic heterocycles. The lowest BCUT2D eigenvalue weighted by Crippen LogP contribution is -2.28. The van der Waals surface area contributed by atoms with Crippen LogP contribution in [0.2, 0.25) is 0 Å². The number of carbonyl (C=O) groups is 2. The molecule has 0 aromatic rings. The summed E-state index contributed by atoms with van der Waals surface area (Å²) < 4.78 is 11.4. The number of rotatable bonds is 3. The first-order valence-corrected chi connectivity index (χ1v) is 4.43. The van der Waals surface area contributed by atoms with Crippen LogP contribution in [0, 0.1) is 0 Å². The number of nitrogens with one attached hydrogen (secondary N) is 1. The van der Waals surface area contributed by atoms with E-state index < -0.39 is 18.2 Å². The van der Waals surface area contributed by atoms with Crippen molar-refractivity contribution in [3.05, 3.63) is 0 Å². The van der Waals surface area contributed by atoms with Crippen LogP contribution in [-0.4, -0.2) is 24.8 Å². The van der Waals surface area contributed by atoms with E-state index in [0.717, 1.165) is 0 Å². The molecule has 0 unspecified atom stereocenters. The van der Waals surface area contributed by atoms with Crippen molar-refractivity contribution in [2.45, 2.75) is 20.0 Å². The lowest BCUT2D eigenvalue weighted by atomic mass is 10.4. The van der Waals surface area contributed by atoms with E-state index in [2.05, 4.69) is 13.0 Å². The van der Waals surface area contributed by atoms with Crippen LogP contribution in [0.15, 0.2) is 0 Å². The Bertz CT molecular complexity index is 173. The van der Waals surface area contributed by atoms with Crippen molar-refractivity contribution in [1.82, 2.24) is 3.53 Å². The second-order valence-electron chi connectivity index (χ2n) is 1.89. The summed E-state index contributed by atoms with van der Waals surface area (Å²) >= 11 is 1.61. The lowest BCUT2D eigenvalue weighted by molar-refractivity contribution is -0.152. The van der Waals surface area contributed by atoms with Gasteiger partial charge in [0.1, 0.15) is 0 Å². The number of amides is 1. The van der Waals surface area contributed by atoms with Crippen LogP contribution < -0.4 is 3.53 Å². The van der Waals surface area contributed by atoms with Gasteiger partial charge in [-0.3, -0.25) is 3.53 Å². The Morgan fingerprint density at radius 1 is 1.58 bits per heavy atom. The molecule has 0 heterocycles. The van der Waals surface area contributed by atoms with Gasteiger partial charge in [-0.15, -0.1) is 0 Å². The minimum atomic E-state index is -0.861. The van der Waals surface area contributed by atoms with Crippen LogP contribution in [0.1, 0.15) is 13.8 Å². The Kier molecular flexibility index (Phi) is 5.77. The molecule has 0 spiro atoms. The average molecular weight is 287 g/mol. The average Bonchev–Trinajstić information content (AvgIpc) is 2.04. The highest BCUT2D eigenvalue weighted by Gasteiger charge is 2.17. The van der Waals surface area contributed by atoms with Crippen LogP contribution in [0.5, 0.6) is 0 Å². The Morgan fingerprint density at radius 2 is 2.17 bits per heavy atom. The van der Waals surface area contributed by atoms with Gasteiger partial charge >= 0.3 is 12.1 Å². The maximum Gasteiger partial charge on any atom is 0.416 e. The minimum absolute atomic E-state index is 0.276. The van der Waals surface area contributed by atoms with E-state index in [4.69, 9.17) is 0 Å². The topological polar surface area (TPSA) is 64.6 Å². The van der Waals surface area contributed by atoms with E-state index in [0.29, 0.717) is 0 Å². The molecule has 6 heteroatoms. The van der Waals surface area contributed by atoms with Gasteiger partial charge in [0.15, 0.2) is 6.10 Å². The summed E-state index contributed by atoms with van der Waals surface area (Å²) in [5.41, 5.74) is 0. The second kappa shape index (κ2) is 6.04. The molecule has 0 radical (unpaired) electrons. The number of ether oxygens (including phenoxy) is 2. The summed E-state index contributed by atoms with van der Waals surface area (Å²) in [7, 11) is 0. The molecular formula is C6H10INO4. The molecule has 5 nitrogen and oxygen atoms in total. The van der Waals surface area contributed by atoms with E-state index in [-0.39, 0.29) is 6.61 Å². The Balaban J connectivity index is 3.78. The maximum absolute atomic E-state index is 10.9. The van der Waals surface area contributed by atoms with Crippen molar-refractivity contribution in [3.63, 3.8) is 0 Å². The quantitative estimate of drug-likeness (QED) is 0.478. The van der Waals surface area contributed by atoms with E-state index in [1.165, 1.54) is 6.92 Å². The molecule has 1 N–H and O–H groups in total. The van der Waals surface area contributed by atoms with Crippen LogP contribution >= 0.6 is 22.9 Å². The highest BCUT2D eigenvalue weighted by atomic mass is 127. The summed E-state index contributed by atoms with van der Waals surface area (Å²) in [5, 5.41) is 0. The first kappa shape index (κ1) is 11.5. The van der Waals surface area contributed by atoms with Crippen LogP contribution in [0.25, 0.3) is 0 Å². The van der Waals surface area contributed by atoms with Crippen molar-refractivity contribution >= 4 is 34.9 Å². The number of halogens is 1. The molecule has 70 valence electrons. The first-order chi connectivity index (χ1) is 5.61. The molecule has 0 aliphatic carbocycles. The Morgan fingerprint density at radius 3 is 2.58 bits per heavy atom. The highest BCUT2D eigenvalue weighted by Crippen LogP contribution is 1.95. The largest absolute Gasteiger partial charge is 0.463 e. The fraction of sp³-hybridized carbons (Fsp3) is 0.667. The van der Waals surface area contributed by atoms with Crippen molar-refractivity contribution in [3.8, 4) is 0 Å². The minimum Gasteiger partial charge on any atom is -0.463 e. The van der Waals surface area contributed by atoms with E-state index in [1.54, 1.807) is 29.8 Å². The number of carbonyl (C=O) groups excluding carboxylic acids is 2. The molecular weight excluding hydrogens is 277 g/mol. The fourth-order valence-corrected chi connectivity index (χ4v) is 0.618.